The maximum Gasteiger partial charge on any atom is 0.224 e. The highest BCUT2D eigenvalue weighted by Crippen LogP contribution is 2.40. The summed E-state index contributed by atoms with van der Waals surface area (Å²) in [4.78, 5) is 10.6. The van der Waals surface area contributed by atoms with Crippen LogP contribution >= 0.6 is 11.6 Å². The van der Waals surface area contributed by atoms with Gasteiger partial charge in [0.1, 0.15) is 5.82 Å². The van der Waals surface area contributed by atoms with Gasteiger partial charge in [0.05, 0.1) is 5.60 Å². The van der Waals surface area contributed by atoms with Crippen molar-refractivity contribution in [1.82, 2.24) is 9.97 Å². The fraction of sp³-hybridized carbons (Fsp3) is 0.714. The van der Waals surface area contributed by atoms with Gasteiger partial charge in [-0.05, 0) is 37.8 Å². The molecule has 104 valence electrons. The molecule has 0 radical (unpaired) electrons. The molecule has 1 aliphatic heterocycles. The van der Waals surface area contributed by atoms with Crippen molar-refractivity contribution in [3.05, 3.63) is 17.0 Å². The third kappa shape index (κ3) is 2.43. The van der Waals surface area contributed by atoms with E-state index in [1.54, 1.807) is 6.20 Å². The van der Waals surface area contributed by atoms with Crippen LogP contribution in [0.2, 0.25) is 5.28 Å². The van der Waals surface area contributed by atoms with E-state index in [1.165, 1.54) is 6.42 Å². The molecule has 2 heterocycles. The molecule has 0 aromatic carbocycles. The number of hydrogen-bond donors (Lipinski definition) is 1. The Morgan fingerprint density at radius 2 is 2.26 bits per heavy atom. The molecular formula is C14H20ClN3O. The summed E-state index contributed by atoms with van der Waals surface area (Å²) in [7, 11) is 0. The van der Waals surface area contributed by atoms with Crippen molar-refractivity contribution in [2.45, 2.75) is 44.6 Å². The summed E-state index contributed by atoms with van der Waals surface area (Å²) in [6.07, 6.45) is 7.06. The highest BCUT2D eigenvalue weighted by molar-refractivity contribution is 6.28. The first-order valence-electron chi connectivity index (χ1n) is 7.05. The van der Waals surface area contributed by atoms with Crippen LogP contribution in [0.4, 0.5) is 5.82 Å². The van der Waals surface area contributed by atoms with Gasteiger partial charge in [0.2, 0.25) is 5.28 Å². The third-order valence-corrected chi connectivity index (χ3v) is 4.82. The Morgan fingerprint density at radius 3 is 3.11 bits per heavy atom. The Morgan fingerprint density at radius 1 is 1.42 bits per heavy atom. The van der Waals surface area contributed by atoms with Crippen LogP contribution in [-0.4, -0.2) is 33.8 Å². The molecule has 1 saturated carbocycles. The molecule has 1 saturated heterocycles. The van der Waals surface area contributed by atoms with Crippen LogP contribution in [0.3, 0.4) is 0 Å². The fourth-order valence-electron chi connectivity index (χ4n) is 3.50. The zero-order valence-electron chi connectivity index (χ0n) is 11.3. The summed E-state index contributed by atoms with van der Waals surface area (Å²) >= 11 is 5.90. The molecule has 0 spiro atoms. The second-order valence-corrected chi connectivity index (χ2v) is 6.23. The normalized spacial score (nSPS) is 31.1. The van der Waals surface area contributed by atoms with Crippen molar-refractivity contribution in [3.63, 3.8) is 0 Å². The van der Waals surface area contributed by atoms with Gasteiger partial charge in [0.25, 0.3) is 0 Å². The van der Waals surface area contributed by atoms with Gasteiger partial charge in [-0.1, -0.05) is 12.8 Å². The van der Waals surface area contributed by atoms with Crippen LogP contribution in [0.25, 0.3) is 0 Å². The number of aliphatic hydroxyl groups is 1. The standard InChI is InChI=1S/C14H20ClN3O/c1-10-8-16-13(15)17-12(10)18-7-6-14(19)5-3-2-4-11(14)9-18/h8,11,19H,2-7,9H2,1H3. The highest BCUT2D eigenvalue weighted by Gasteiger charge is 2.43. The predicted molar refractivity (Wildman–Crippen MR) is 75.5 cm³/mol. The van der Waals surface area contributed by atoms with Crippen molar-refractivity contribution in [3.8, 4) is 0 Å². The van der Waals surface area contributed by atoms with Crippen molar-refractivity contribution in [1.29, 1.82) is 0 Å². The van der Waals surface area contributed by atoms with Crippen LogP contribution in [0.1, 0.15) is 37.7 Å². The number of rotatable bonds is 1. The monoisotopic (exact) mass is 281 g/mol. The molecule has 2 aliphatic rings. The van der Waals surface area contributed by atoms with Gasteiger partial charge in [-0.2, -0.15) is 0 Å². The zero-order valence-corrected chi connectivity index (χ0v) is 12.0. The highest BCUT2D eigenvalue weighted by atomic mass is 35.5. The van der Waals surface area contributed by atoms with Crippen molar-refractivity contribution in [2.75, 3.05) is 18.0 Å². The lowest BCUT2D eigenvalue weighted by atomic mass is 9.71. The summed E-state index contributed by atoms with van der Waals surface area (Å²) in [5, 5.41) is 11.0. The smallest absolute Gasteiger partial charge is 0.224 e. The Balaban J connectivity index is 1.82. The number of aryl methyl sites for hydroxylation is 1. The van der Waals surface area contributed by atoms with E-state index in [1.807, 2.05) is 6.92 Å². The molecule has 3 rings (SSSR count). The van der Waals surface area contributed by atoms with Gasteiger partial charge in [0, 0.05) is 30.8 Å². The molecule has 1 aromatic rings. The summed E-state index contributed by atoms with van der Waals surface area (Å²) in [5.41, 5.74) is 0.602. The van der Waals surface area contributed by atoms with E-state index in [0.29, 0.717) is 11.2 Å². The summed E-state index contributed by atoms with van der Waals surface area (Å²) < 4.78 is 0. The third-order valence-electron chi connectivity index (χ3n) is 4.64. The maximum atomic E-state index is 10.7. The SMILES string of the molecule is Cc1cnc(Cl)nc1N1CCC2(O)CCCCC2C1. The number of hydrogen-bond acceptors (Lipinski definition) is 4. The van der Waals surface area contributed by atoms with Crippen molar-refractivity contribution in [2.24, 2.45) is 5.92 Å². The minimum atomic E-state index is -0.445. The van der Waals surface area contributed by atoms with Crippen LogP contribution < -0.4 is 4.90 Å². The zero-order chi connectivity index (χ0) is 13.5. The lowest BCUT2D eigenvalue weighted by molar-refractivity contribution is -0.0613. The topological polar surface area (TPSA) is 49.2 Å². The van der Waals surface area contributed by atoms with Gasteiger partial charge in [0.15, 0.2) is 0 Å². The Kier molecular flexibility index (Phi) is 3.39. The molecule has 4 nitrogen and oxygen atoms in total. The maximum absolute atomic E-state index is 10.7. The van der Waals surface area contributed by atoms with Gasteiger partial charge < -0.3 is 10.0 Å². The first kappa shape index (κ1) is 13.1. The molecule has 1 N–H and O–H groups in total. The molecule has 19 heavy (non-hydrogen) atoms. The van der Waals surface area contributed by atoms with Crippen LogP contribution in [-0.2, 0) is 0 Å². The molecule has 1 aliphatic carbocycles. The average molecular weight is 282 g/mol. The van der Waals surface area contributed by atoms with Crippen molar-refractivity contribution >= 4 is 17.4 Å². The second-order valence-electron chi connectivity index (χ2n) is 5.89. The Labute approximate surface area is 118 Å². The van der Waals surface area contributed by atoms with E-state index in [4.69, 9.17) is 11.6 Å². The molecule has 2 fully saturated rings. The molecule has 0 bridgehead atoms. The lowest BCUT2D eigenvalue weighted by Gasteiger charge is -2.48. The van der Waals surface area contributed by atoms with Gasteiger partial charge >= 0.3 is 0 Å². The predicted octanol–water partition coefficient (Wildman–Crippen LogP) is 2.57. The quantitative estimate of drug-likeness (QED) is 0.804. The number of fused-ring (bicyclic) bond motifs is 1. The summed E-state index contributed by atoms with van der Waals surface area (Å²) in [6, 6.07) is 0. The number of piperidine rings is 1. The van der Waals surface area contributed by atoms with Crippen molar-refractivity contribution < 1.29 is 5.11 Å². The minimum absolute atomic E-state index is 0.296. The number of aromatic nitrogens is 2. The van der Waals surface area contributed by atoms with Crippen LogP contribution in [0.5, 0.6) is 0 Å². The van der Waals surface area contributed by atoms with E-state index < -0.39 is 5.60 Å². The summed E-state index contributed by atoms with van der Waals surface area (Å²) in [6.45, 7) is 3.74. The first-order valence-corrected chi connectivity index (χ1v) is 7.43. The molecule has 2 atom stereocenters. The fourth-order valence-corrected chi connectivity index (χ4v) is 3.62. The van der Waals surface area contributed by atoms with E-state index in [0.717, 1.165) is 50.2 Å². The first-order chi connectivity index (χ1) is 9.08. The largest absolute Gasteiger partial charge is 0.389 e. The molecular weight excluding hydrogens is 262 g/mol. The Bertz CT molecular complexity index is 482. The average Bonchev–Trinajstić information content (AvgIpc) is 2.40. The number of anilines is 1. The Hall–Kier alpha value is -0.870. The van der Waals surface area contributed by atoms with Crippen LogP contribution in [0.15, 0.2) is 6.20 Å². The van der Waals surface area contributed by atoms with E-state index >= 15 is 0 Å². The lowest BCUT2D eigenvalue weighted by Crippen LogP contribution is -2.53. The molecule has 5 heteroatoms. The molecule has 0 amide bonds. The van der Waals surface area contributed by atoms with Gasteiger partial charge in [-0.15, -0.1) is 0 Å². The summed E-state index contributed by atoms with van der Waals surface area (Å²) in [5.74, 6) is 1.29. The van der Waals surface area contributed by atoms with E-state index in [9.17, 15) is 5.11 Å². The second kappa shape index (κ2) is 4.91. The number of nitrogens with zero attached hydrogens (tertiary/aromatic N) is 3. The van der Waals surface area contributed by atoms with Gasteiger partial charge in [-0.3, -0.25) is 0 Å². The minimum Gasteiger partial charge on any atom is -0.389 e. The molecule has 2 unspecified atom stereocenters. The molecule has 1 aromatic heterocycles. The van der Waals surface area contributed by atoms with Crippen LogP contribution in [0, 0.1) is 12.8 Å². The van der Waals surface area contributed by atoms with Gasteiger partial charge in [-0.25, -0.2) is 9.97 Å². The number of halogens is 1. The van der Waals surface area contributed by atoms with E-state index in [-0.39, 0.29) is 0 Å². The van der Waals surface area contributed by atoms with E-state index in [2.05, 4.69) is 14.9 Å².